The predicted molar refractivity (Wildman–Crippen MR) is 122 cm³/mol. The van der Waals surface area contributed by atoms with E-state index in [1.807, 2.05) is 6.92 Å². The highest BCUT2D eigenvalue weighted by Gasteiger charge is 2.19. The van der Waals surface area contributed by atoms with Gasteiger partial charge < -0.3 is 4.98 Å². The molecule has 0 fully saturated rings. The summed E-state index contributed by atoms with van der Waals surface area (Å²) in [6.45, 7) is 1.90. The van der Waals surface area contributed by atoms with E-state index in [0.29, 0.717) is 28.6 Å². The third-order valence-electron chi connectivity index (χ3n) is 4.63. The van der Waals surface area contributed by atoms with Gasteiger partial charge in [-0.2, -0.15) is 8.42 Å². The number of benzene rings is 1. The van der Waals surface area contributed by atoms with Gasteiger partial charge >= 0.3 is 0 Å². The molecule has 0 saturated heterocycles. The van der Waals surface area contributed by atoms with Gasteiger partial charge in [0.2, 0.25) is 5.43 Å². The smallest absolute Gasteiger partial charge is 0.287 e. The van der Waals surface area contributed by atoms with Crippen molar-refractivity contribution in [3.8, 4) is 0 Å². The first-order valence-corrected chi connectivity index (χ1v) is 11.6. The minimum atomic E-state index is -3.67. The van der Waals surface area contributed by atoms with E-state index >= 15 is 0 Å². The van der Waals surface area contributed by atoms with Crippen LogP contribution < -0.4 is 16.5 Å². The second-order valence-corrected chi connectivity index (χ2v) is 8.85. The van der Waals surface area contributed by atoms with Crippen LogP contribution in [0.15, 0.2) is 57.1 Å². The van der Waals surface area contributed by atoms with E-state index in [9.17, 15) is 22.8 Å². The van der Waals surface area contributed by atoms with Gasteiger partial charge in [0.25, 0.3) is 21.2 Å². The van der Waals surface area contributed by atoms with Crippen LogP contribution in [0.1, 0.15) is 24.9 Å². The highest BCUT2D eigenvalue weighted by Crippen LogP contribution is 2.19. The molecular formula is C20H19ClN4O6S. The van der Waals surface area contributed by atoms with Gasteiger partial charge in [0, 0.05) is 22.8 Å². The number of halogens is 1. The van der Waals surface area contributed by atoms with Crippen molar-refractivity contribution in [2.75, 3.05) is 6.26 Å². The van der Waals surface area contributed by atoms with Crippen molar-refractivity contribution < 1.29 is 13.0 Å². The van der Waals surface area contributed by atoms with Crippen LogP contribution in [0, 0.1) is 0 Å². The largest absolute Gasteiger partial charge is 0.350 e. The van der Waals surface area contributed by atoms with E-state index < -0.39 is 32.7 Å². The van der Waals surface area contributed by atoms with Gasteiger partial charge in [-0.3, -0.25) is 29.0 Å². The molecule has 0 amide bonds. The Morgan fingerprint density at radius 1 is 1.16 bits per heavy atom. The van der Waals surface area contributed by atoms with Crippen LogP contribution in [-0.2, 0) is 10.1 Å². The summed E-state index contributed by atoms with van der Waals surface area (Å²) in [5.41, 5.74) is -0.426. The molecule has 0 bridgehead atoms. The second kappa shape index (κ2) is 9.07. The molecule has 3 heterocycles. The molecule has 0 aliphatic heterocycles. The third kappa shape index (κ3) is 4.96. The standard InChI is InChI=1S/C19H15ClN4O3.CH4O3S/c1-2-14(10-5-7-21-8-6-10)24-19(27)15-16(18(26)23-24)22-13-9-11(20)3-4-12(13)17(15)25;1-5(2,3)4/h3-9,14H,2H2,1H3,(H,22,25)(H,23,26);1H3,(H,2,3,4). The average Bonchev–Trinajstić information content (AvgIpc) is 2.71. The van der Waals surface area contributed by atoms with Crippen LogP contribution >= 0.6 is 11.6 Å². The zero-order valence-electron chi connectivity index (χ0n) is 17.0. The quantitative estimate of drug-likeness (QED) is 0.300. The van der Waals surface area contributed by atoms with E-state index in [1.54, 1.807) is 42.7 Å². The lowest BCUT2D eigenvalue weighted by Gasteiger charge is -2.18. The van der Waals surface area contributed by atoms with Crippen LogP contribution in [0.5, 0.6) is 0 Å². The molecule has 10 nitrogen and oxygen atoms in total. The van der Waals surface area contributed by atoms with Crippen molar-refractivity contribution in [1.82, 2.24) is 19.7 Å². The third-order valence-corrected chi connectivity index (χ3v) is 4.87. The minimum Gasteiger partial charge on any atom is -0.350 e. The van der Waals surface area contributed by atoms with Gasteiger partial charge in [0.1, 0.15) is 10.9 Å². The molecule has 1 aromatic carbocycles. The second-order valence-electron chi connectivity index (χ2n) is 6.95. The molecular weight excluding hydrogens is 460 g/mol. The zero-order chi connectivity index (χ0) is 23.6. The lowest BCUT2D eigenvalue weighted by Crippen LogP contribution is -2.36. The number of aromatic amines is 2. The predicted octanol–water partition coefficient (Wildman–Crippen LogP) is 2.08. The van der Waals surface area contributed by atoms with E-state index in [0.717, 1.165) is 5.56 Å². The van der Waals surface area contributed by atoms with Crippen molar-refractivity contribution >= 4 is 43.5 Å². The summed E-state index contributed by atoms with van der Waals surface area (Å²) in [5.74, 6) is 0. The Kier molecular flexibility index (Phi) is 6.63. The summed E-state index contributed by atoms with van der Waals surface area (Å²) < 4.78 is 27.1. The molecule has 0 spiro atoms. The number of H-pyrrole nitrogens is 2. The monoisotopic (exact) mass is 478 g/mol. The van der Waals surface area contributed by atoms with E-state index in [2.05, 4.69) is 15.1 Å². The molecule has 168 valence electrons. The van der Waals surface area contributed by atoms with Crippen molar-refractivity contribution in [2.45, 2.75) is 19.4 Å². The number of aromatic nitrogens is 4. The zero-order valence-corrected chi connectivity index (χ0v) is 18.6. The summed E-state index contributed by atoms with van der Waals surface area (Å²) in [5, 5.41) is 3.16. The Morgan fingerprint density at radius 2 is 1.78 bits per heavy atom. The first-order valence-electron chi connectivity index (χ1n) is 9.33. The molecule has 4 rings (SSSR count). The van der Waals surface area contributed by atoms with Crippen LogP contribution in [0.3, 0.4) is 0 Å². The minimum absolute atomic E-state index is 0.0550. The Hall–Kier alpha value is -3.28. The number of fused-ring (bicyclic) bond motifs is 2. The first kappa shape index (κ1) is 23.4. The van der Waals surface area contributed by atoms with Crippen molar-refractivity contribution in [3.05, 3.63) is 84.2 Å². The summed E-state index contributed by atoms with van der Waals surface area (Å²) in [7, 11) is -3.67. The Labute approximate surface area is 186 Å². The number of hydrogen-bond acceptors (Lipinski definition) is 6. The van der Waals surface area contributed by atoms with Crippen molar-refractivity contribution in [3.63, 3.8) is 0 Å². The number of pyridine rings is 2. The summed E-state index contributed by atoms with van der Waals surface area (Å²) in [6, 6.07) is 7.79. The lowest BCUT2D eigenvalue weighted by atomic mass is 10.1. The molecule has 3 N–H and O–H groups in total. The van der Waals surface area contributed by atoms with Gasteiger partial charge in [-0.05, 0) is 42.3 Å². The molecule has 0 saturated carbocycles. The molecule has 4 aromatic rings. The van der Waals surface area contributed by atoms with Crippen LogP contribution in [0.2, 0.25) is 5.02 Å². The molecule has 0 aliphatic rings. The van der Waals surface area contributed by atoms with E-state index in [1.165, 1.54) is 4.68 Å². The Balaban J connectivity index is 0.000000523. The van der Waals surface area contributed by atoms with Gasteiger partial charge in [0.15, 0.2) is 0 Å². The van der Waals surface area contributed by atoms with Gasteiger partial charge in [-0.25, -0.2) is 4.68 Å². The van der Waals surface area contributed by atoms with Gasteiger partial charge in [-0.15, -0.1) is 0 Å². The first-order chi connectivity index (χ1) is 15.0. The lowest BCUT2D eigenvalue weighted by molar-refractivity contribution is 0.481. The SMILES string of the molecule is CCC(c1ccncc1)n1[nH]c(=O)c2[nH]c3cc(Cl)ccc3c(=O)c2c1=O.CS(=O)(=O)O. The van der Waals surface area contributed by atoms with Crippen LogP contribution in [0.25, 0.3) is 21.8 Å². The fourth-order valence-corrected chi connectivity index (χ4v) is 3.52. The maximum Gasteiger partial charge on any atom is 0.287 e. The molecule has 1 unspecified atom stereocenters. The number of nitrogens with zero attached hydrogens (tertiary/aromatic N) is 2. The average molecular weight is 479 g/mol. The highest BCUT2D eigenvalue weighted by molar-refractivity contribution is 7.85. The molecule has 1 atom stereocenters. The van der Waals surface area contributed by atoms with Gasteiger partial charge in [-0.1, -0.05) is 18.5 Å². The number of hydrogen-bond donors (Lipinski definition) is 3. The Morgan fingerprint density at radius 3 is 2.38 bits per heavy atom. The topological polar surface area (TPSA) is 155 Å². The summed E-state index contributed by atoms with van der Waals surface area (Å²) in [4.78, 5) is 45.6. The number of rotatable bonds is 3. The maximum absolute atomic E-state index is 13.1. The normalized spacial score (nSPS) is 12.4. The summed E-state index contributed by atoms with van der Waals surface area (Å²) >= 11 is 5.97. The van der Waals surface area contributed by atoms with Crippen molar-refractivity contribution in [1.29, 1.82) is 0 Å². The Bertz CT molecular complexity index is 1570. The number of nitrogens with one attached hydrogen (secondary N) is 2. The van der Waals surface area contributed by atoms with Crippen LogP contribution in [0.4, 0.5) is 0 Å². The van der Waals surface area contributed by atoms with E-state index in [4.69, 9.17) is 16.2 Å². The molecule has 32 heavy (non-hydrogen) atoms. The van der Waals surface area contributed by atoms with E-state index in [-0.39, 0.29) is 10.9 Å². The molecule has 0 radical (unpaired) electrons. The highest BCUT2D eigenvalue weighted by atomic mass is 35.5. The van der Waals surface area contributed by atoms with Gasteiger partial charge in [0.05, 0.1) is 17.8 Å². The molecule has 12 heteroatoms. The molecule has 3 aromatic heterocycles. The fourth-order valence-electron chi connectivity index (χ4n) is 3.35. The summed E-state index contributed by atoms with van der Waals surface area (Å²) in [6.07, 6.45) is 4.50. The fraction of sp³-hybridized carbons (Fsp3) is 0.200. The molecule has 0 aliphatic carbocycles. The van der Waals surface area contributed by atoms with Crippen molar-refractivity contribution in [2.24, 2.45) is 0 Å². The maximum atomic E-state index is 13.1. The van der Waals surface area contributed by atoms with Crippen LogP contribution in [-0.4, -0.2) is 39.0 Å².